The van der Waals surface area contributed by atoms with Crippen LogP contribution < -0.4 is 0 Å². The zero-order chi connectivity index (χ0) is 14.7. The standard InChI is InChI=1S/C13H12N4O3S/c18-12(19)4-3-9-6-17(16-15-9)7-10-8-20-13(14-10)11-2-1-5-21-11/h1-2,5-6,8H,3-4,7H2,(H,18,19). The number of hydrogen-bond donors (Lipinski definition) is 1. The van der Waals surface area contributed by atoms with Gasteiger partial charge in [-0.15, -0.1) is 16.4 Å². The molecule has 8 heteroatoms. The number of rotatable bonds is 6. The SMILES string of the molecule is O=C(O)CCc1cn(Cc2coc(-c3cccs3)n2)nn1. The van der Waals surface area contributed by atoms with Crippen LogP contribution in [-0.2, 0) is 17.8 Å². The maximum absolute atomic E-state index is 10.5. The summed E-state index contributed by atoms with van der Waals surface area (Å²) in [5.41, 5.74) is 1.40. The van der Waals surface area contributed by atoms with E-state index in [1.54, 1.807) is 28.5 Å². The van der Waals surface area contributed by atoms with Gasteiger partial charge in [-0.2, -0.15) is 0 Å². The smallest absolute Gasteiger partial charge is 0.303 e. The van der Waals surface area contributed by atoms with Crippen LogP contribution in [0.1, 0.15) is 17.8 Å². The zero-order valence-electron chi connectivity index (χ0n) is 11.0. The van der Waals surface area contributed by atoms with Crippen molar-refractivity contribution in [3.63, 3.8) is 0 Å². The molecule has 0 aliphatic heterocycles. The maximum Gasteiger partial charge on any atom is 0.303 e. The third-order valence-corrected chi connectivity index (χ3v) is 3.65. The predicted octanol–water partition coefficient (Wildman–Crippen LogP) is 2.06. The minimum Gasteiger partial charge on any atom is -0.481 e. The van der Waals surface area contributed by atoms with Crippen LogP contribution >= 0.6 is 11.3 Å². The Kier molecular flexibility index (Phi) is 3.78. The van der Waals surface area contributed by atoms with Crippen LogP contribution in [0.5, 0.6) is 0 Å². The lowest BCUT2D eigenvalue weighted by atomic mass is 10.2. The number of aryl methyl sites for hydroxylation is 1. The van der Waals surface area contributed by atoms with Crippen molar-refractivity contribution in [2.24, 2.45) is 0 Å². The molecule has 3 aromatic rings. The van der Waals surface area contributed by atoms with Gasteiger partial charge in [-0.1, -0.05) is 11.3 Å². The summed E-state index contributed by atoms with van der Waals surface area (Å²) < 4.78 is 7.05. The van der Waals surface area contributed by atoms with Gasteiger partial charge in [0.05, 0.1) is 23.5 Å². The Morgan fingerprint density at radius 1 is 1.43 bits per heavy atom. The highest BCUT2D eigenvalue weighted by atomic mass is 32.1. The van der Waals surface area contributed by atoms with Gasteiger partial charge in [-0.05, 0) is 11.4 Å². The highest BCUT2D eigenvalue weighted by molar-refractivity contribution is 7.13. The maximum atomic E-state index is 10.5. The molecule has 0 atom stereocenters. The summed E-state index contributed by atoms with van der Waals surface area (Å²) in [6.07, 6.45) is 3.73. The van der Waals surface area contributed by atoms with Gasteiger partial charge in [0.2, 0.25) is 5.89 Å². The molecular weight excluding hydrogens is 292 g/mol. The normalized spacial score (nSPS) is 10.9. The van der Waals surface area contributed by atoms with Crippen LogP contribution in [0.2, 0.25) is 0 Å². The number of thiophene rings is 1. The summed E-state index contributed by atoms with van der Waals surface area (Å²) in [6.45, 7) is 0.439. The Labute approximate surface area is 123 Å². The second-order valence-electron chi connectivity index (χ2n) is 4.42. The number of aliphatic carboxylic acids is 1. The molecule has 21 heavy (non-hydrogen) atoms. The number of oxazole rings is 1. The molecule has 108 valence electrons. The first-order valence-corrected chi connectivity index (χ1v) is 7.18. The van der Waals surface area contributed by atoms with Gasteiger partial charge in [-0.3, -0.25) is 4.79 Å². The van der Waals surface area contributed by atoms with Crippen molar-refractivity contribution in [2.45, 2.75) is 19.4 Å². The molecule has 1 N–H and O–H groups in total. The third kappa shape index (κ3) is 3.34. The van der Waals surface area contributed by atoms with E-state index in [0.717, 1.165) is 10.6 Å². The summed E-state index contributed by atoms with van der Waals surface area (Å²) in [5.74, 6) is -0.257. The fraction of sp³-hybridized carbons (Fsp3) is 0.231. The van der Waals surface area contributed by atoms with Crippen molar-refractivity contribution in [1.29, 1.82) is 0 Å². The number of carboxylic acid groups (broad SMARTS) is 1. The Hall–Kier alpha value is -2.48. The Morgan fingerprint density at radius 2 is 2.33 bits per heavy atom. The van der Waals surface area contributed by atoms with Gasteiger partial charge in [-0.25, -0.2) is 9.67 Å². The number of nitrogens with zero attached hydrogens (tertiary/aromatic N) is 4. The van der Waals surface area contributed by atoms with Crippen molar-refractivity contribution in [3.8, 4) is 10.8 Å². The molecule has 0 amide bonds. The minimum absolute atomic E-state index is 0.0468. The van der Waals surface area contributed by atoms with Gasteiger partial charge < -0.3 is 9.52 Å². The average molecular weight is 304 g/mol. The molecule has 0 unspecified atom stereocenters. The van der Waals surface area contributed by atoms with Crippen LogP contribution in [0.3, 0.4) is 0 Å². The largest absolute Gasteiger partial charge is 0.481 e. The lowest BCUT2D eigenvalue weighted by Gasteiger charge is -1.94. The van der Waals surface area contributed by atoms with Gasteiger partial charge in [0.25, 0.3) is 0 Å². The van der Waals surface area contributed by atoms with E-state index in [1.807, 2.05) is 17.5 Å². The van der Waals surface area contributed by atoms with E-state index in [1.165, 1.54) is 0 Å². The number of carbonyl (C=O) groups is 1. The van der Waals surface area contributed by atoms with E-state index < -0.39 is 5.97 Å². The highest BCUT2D eigenvalue weighted by Gasteiger charge is 2.09. The Morgan fingerprint density at radius 3 is 3.10 bits per heavy atom. The molecule has 3 heterocycles. The molecule has 0 bridgehead atoms. The molecule has 0 fully saturated rings. The van der Waals surface area contributed by atoms with Gasteiger partial charge in [0, 0.05) is 12.6 Å². The second kappa shape index (κ2) is 5.88. The number of aromatic nitrogens is 4. The lowest BCUT2D eigenvalue weighted by Crippen LogP contribution is -2.00. The van der Waals surface area contributed by atoms with E-state index in [2.05, 4.69) is 15.3 Å². The number of hydrogen-bond acceptors (Lipinski definition) is 6. The van der Waals surface area contributed by atoms with Crippen LogP contribution in [-0.4, -0.2) is 31.1 Å². The Bertz CT molecular complexity index is 732. The summed E-state index contributed by atoms with van der Waals surface area (Å²) in [6, 6.07) is 3.88. The topological polar surface area (TPSA) is 94.0 Å². The molecule has 0 aliphatic rings. The fourth-order valence-electron chi connectivity index (χ4n) is 1.82. The molecule has 0 aliphatic carbocycles. The molecular formula is C13H12N4O3S. The van der Waals surface area contributed by atoms with Crippen LogP contribution in [0.4, 0.5) is 0 Å². The quantitative estimate of drug-likeness (QED) is 0.749. The van der Waals surface area contributed by atoms with Gasteiger partial charge >= 0.3 is 5.97 Å². The van der Waals surface area contributed by atoms with E-state index >= 15 is 0 Å². The summed E-state index contributed by atoms with van der Waals surface area (Å²) in [7, 11) is 0. The van der Waals surface area contributed by atoms with E-state index in [9.17, 15) is 4.79 Å². The van der Waals surface area contributed by atoms with Crippen molar-refractivity contribution in [3.05, 3.63) is 41.4 Å². The van der Waals surface area contributed by atoms with E-state index in [4.69, 9.17) is 9.52 Å². The molecule has 3 rings (SSSR count). The van der Waals surface area contributed by atoms with Crippen LogP contribution in [0, 0.1) is 0 Å². The Balaban J connectivity index is 1.65. The van der Waals surface area contributed by atoms with Crippen molar-refractivity contribution >= 4 is 17.3 Å². The monoisotopic (exact) mass is 304 g/mol. The summed E-state index contributed by atoms with van der Waals surface area (Å²) in [4.78, 5) is 15.9. The fourth-order valence-corrected chi connectivity index (χ4v) is 2.48. The second-order valence-corrected chi connectivity index (χ2v) is 5.37. The van der Waals surface area contributed by atoms with Crippen LogP contribution in [0.15, 0.2) is 34.4 Å². The van der Waals surface area contributed by atoms with Crippen molar-refractivity contribution in [1.82, 2.24) is 20.0 Å². The molecule has 0 aromatic carbocycles. The first-order chi connectivity index (χ1) is 10.2. The molecule has 0 saturated carbocycles. The molecule has 0 spiro atoms. The summed E-state index contributed by atoms with van der Waals surface area (Å²) in [5, 5.41) is 18.5. The summed E-state index contributed by atoms with van der Waals surface area (Å²) >= 11 is 1.56. The van der Waals surface area contributed by atoms with Crippen molar-refractivity contribution < 1.29 is 14.3 Å². The molecule has 3 aromatic heterocycles. The van der Waals surface area contributed by atoms with E-state index in [-0.39, 0.29) is 6.42 Å². The average Bonchev–Trinajstić information content (AvgIpc) is 3.18. The minimum atomic E-state index is -0.846. The first kappa shape index (κ1) is 13.5. The van der Waals surface area contributed by atoms with Crippen LogP contribution in [0.25, 0.3) is 10.8 Å². The third-order valence-electron chi connectivity index (χ3n) is 2.79. The predicted molar refractivity (Wildman–Crippen MR) is 74.9 cm³/mol. The lowest BCUT2D eigenvalue weighted by molar-refractivity contribution is -0.136. The van der Waals surface area contributed by atoms with E-state index in [0.29, 0.717) is 24.6 Å². The van der Waals surface area contributed by atoms with Crippen molar-refractivity contribution in [2.75, 3.05) is 0 Å². The molecule has 7 nitrogen and oxygen atoms in total. The zero-order valence-corrected chi connectivity index (χ0v) is 11.8. The first-order valence-electron chi connectivity index (χ1n) is 6.30. The van der Waals surface area contributed by atoms with Gasteiger partial charge in [0.1, 0.15) is 12.0 Å². The van der Waals surface area contributed by atoms with Gasteiger partial charge in [0.15, 0.2) is 0 Å². The molecule has 0 radical (unpaired) electrons. The molecule has 0 saturated heterocycles. The highest BCUT2D eigenvalue weighted by Crippen LogP contribution is 2.23. The number of carboxylic acids is 1.